The molecule has 4 atom stereocenters. The first-order valence-corrected chi connectivity index (χ1v) is 14.4. The number of pyridine rings is 1. The molecule has 7 rings (SSSR count). The molecule has 4 aromatic rings. The second kappa shape index (κ2) is 10.2. The standard InChI is InChI=1S/C28H25F4N7O2S/c29-13-6-28(4-1-5-39(28)11-13)12-40-27-37-23-16(26(38-27)41-19-10-35-9-18(19)31)8-36-22(21(23)32)14-2-3-17(30)24-20(14)15(7-33)25(34)42-24/h2-3,8,13,18-19,35H,1,4-6,9-12,34H2/t13-,18-,19+,28+/m1/s1. The number of nitriles is 1. The highest BCUT2D eigenvalue weighted by molar-refractivity contribution is 7.23. The summed E-state index contributed by atoms with van der Waals surface area (Å²) in [5, 5.41) is 12.9. The Morgan fingerprint density at radius 3 is 2.88 bits per heavy atom. The van der Waals surface area contributed by atoms with Gasteiger partial charge in [0.2, 0.25) is 5.88 Å². The third-order valence-corrected chi connectivity index (χ3v) is 9.42. The average Bonchev–Trinajstić information content (AvgIpc) is 3.71. The molecule has 3 N–H and O–H groups in total. The van der Waals surface area contributed by atoms with E-state index in [2.05, 4.69) is 25.2 Å². The Hall–Kier alpha value is -3.80. The first-order chi connectivity index (χ1) is 20.3. The Kier molecular flexibility index (Phi) is 6.56. The summed E-state index contributed by atoms with van der Waals surface area (Å²) < 4.78 is 71.8. The van der Waals surface area contributed by atoms with Gasteiger partial charge in [-0.2, -0.15) is 15.2 Å². The predicted octanol–water partition coefficient (Wildman–Crippen LogP) is 4.28. The minimum Gasteiger partial charge on any atom is -0.469 e. The van der Waals surface area contributed by atoms with E-state index in [1.54, 1.807) is 0 Å². The van der Waals surface area contributed by atoms with Gasteiger partial charge in [0, 0.05) is 43.2 Å². The van der Waals surface area contributed by atoms with Gasteiger partial charge < -0.3 is 20.5 Å². The lowest BCUT2D eigenvalue weighted by Crippen LogP contribution is -2.43. The van der Waals surface area contributed by atoms with E-state index in [4.69, 9.17) is 15.2 Å². The van der Waals surface area contributed by atoms with Crippen molar-refractivity contribution in [1.29, 1.82) is 5.26 Å². The number of nitrogens with one attached hydrogen (secondary N) is 1. The van der Waals surface area contributed by atoms with Gasteiger partial charge >= 0.3 is 6.01 Å². The van der Waals surface area contributed by atoms with Gasteiger partial charge in [-0.3, -0.25) is 9.88 Å². The van der Waals surface area contributed by atoms with Gasteiger partial charge in [0.1, 0.15) is 47.0 Å². The maximum Gasteiger partial charge on any atom is 0.320 e. The van der Waals surface area contributed by atoms with Crippen LogP contribution in [0.4, 0.5) is 22.6 Å². The highest BCUT2D eigenvalue weighted by Gasteiger charge is 2.49. The van der Waals surface area contributed by atoms with Crippen LogP contribution < -0.4 is 20.5 Å². The molecule has 0 radical (unpaired) electrons. The Morgan fingerprint density at radius 1 is 1.24 bits per heavy atom. The summed E-state index contributed by atoms with van der Waals surface area (Å²) in [6, 6.07) is 4.25. The Morgan fingerprint density at radius 2 is 2.10 bits per heavy atom. The Labute approximate surface area is 241 Å². The van der Waals surface area contributed by atoms with Crippen molar-refractivity contribution in [3.63, 3.8) is 0 Å². The Bertz CT molecular complexity index is 1760. The lowest BCUT2D eigenvalue weighted by Gasteiger charge is -2.30. The smallest absolute Gasteiger partial charge is 0.320 e. The number of anilines is 1. The van der Waals surface area contributed by atoms with Crippen molar-refractivity contribution >= 4 is 37.3 Å². The zero-order valence-corrected chi connectivity index (χ0v) is 23.0. The number of hydrogen-bond acceptors (Lipinski definition) is 10. The molecule has 3 aliphatic rings. The molecule has 9 nitrogen and oxygen atoms in total. The summed E-state index contributed by atoms with van der Waals surface area (Å²) in [5.41, 5.74) is 5.23. The number of hydrogen-bond donors (Lipinski definition) is 2. The van der Waals surface area contributed by atoms with Crippen LogP contribution in [0.5, 0.6) is 11.9 Å². The fourth-order valence-electron chi connectivity index (χ4n) is 6.38. The molecule has 3 saturated heterocycles. The number of aromatic nitrogens is 3. The van der Waals surface area contributed by atoms with Gasteiger partial charge in [0.15, 0.2) is 12.0 Å². The molecule has 0 saturated carbocycles. The maximum absolute atomic E-state index is 16.4. The molecule has 3 aromatic heterocycles. The molecule has 42 heavy (non-hydrogen) atoms. The van der Waals surface area contributed by atoms with Gasteiger partial charge in [-0.25, -0.2) is 17.6 Å². The zero-order chi connectivity index (χ0) is 29.2. The number of thiophene rings is 1. The molecule has 0 bridgehead atoms. The number of alkyl halides is 2. The quantitative estimate of drug-likeness (QED) is 0.313. The normalized spacial score (nSPS) is 25.7. The minimum atomic E-state index is -1.32. The van der Waals surface area contributed by atoms with E-state index in [0.29, 0.717) is 13.0 Å². The van der Waals surface area contributed by atoms with Crippen molar-refractivity contribution in [2.24, 2.45) is 0 Å². The summed E-state index contributed by atoms with van der Waals surface area (Å²) in [4.78, 5) is 15.0. The highest BCUT2D eigenvalue weighted by atomic mass is 32.1. The molecule has 0 spiro atoms. The van der Waals surface area contributed by atoms with Crippen LogP contribution >= 0.6 is 11.3 Å². The number of fused-ring (bicyclic) bond motifs is 3. The van der Waals surface area contributed by atoms with E-state index in [1.165, 1.54) is 12.3 Å². The fraction of sp³-hybridized carbons (Fsp3) is 0.429. The second-order valence-corrected chi connectivity index (χ2v) is 12.0. The molecule has 0 aliphatic carbocycles. The van der Waals surface area contributed by atoms with Crippen LogP contribution in [0, 0.1) is 23.0 Å². The number of nitrogen functional groups attached to an aromatic ring is 1. The number of ether oxygens (including phenoxy) is 2. The molecule has 6 heterocycles. The summed E-state index contributed by atoms with van der Waals surface area (Å²) in [6.45, 7) is 1.50. The largest absolute Gasteiger partial charge is 0.469 e. The lowest BCUT2D eigenvalue weighted by molar-refractivity contribution is 0.104. The molecule has 3 aliphatic heterocycles. The molecule has 0 unspecified atom stereocenters. The third kappa shape index (κ3) is 4.29. The van der Waals surface area contributed by atoms with Crippen molar-refractivity contribution in [2.75, 3.05) is 38.5 Å². The summed E-state index contributed by atoms with van der Waals surface area (Å²) >= 11 is 0.889. The topological polar surface area (TPSA) is 122 Å². The number of halogens is 4. The molecule has 0 amide bonds. The molecular formula is C28H25F4N7O2S. The zero-order valence-electron chi connectivity index (χ0n) is 22.2. The molecule has 218 valence electrons. The summed E-state index contributed by atoms with van der Waals surface area (Å²) in [6.07, 6.45) is 0.0941. The third-order valence-electron chi connectivity index (χ3n) is 8.40. The number of benzene rings is 1. The van der Waals surface area contributed by atoms with E-state index in [0.717, 1.165) is 36.8 Å². The fourth-order valence-corrected chi connectivity index (χ4v) is 7.33. The van der Waals surface area contributed by atoms with Crippen molar-refractivity contribution < 1.29 is 27.0 Å². The van der Waals surface area contributed by atoms with Crippen molar-refractivity contribution in [2.45, 2.75) is 43.2 Å². The van der Waals surface area contributed by atoms with E-state index >= 15 is 4.39 Å². The van der Waals surface area contributed by atoms with Crippen LogP contribution in [0.2, 0.25) is 0 Å². The van der Waals surface area contributed by atoms with Crippen molar-refractivity contribution in [3.05, 3.63) is 35.5 Å². The van der Waals surface area contributed by atoms with Crippen LogP contribution in [0.3, 0.4) is 0 Å². The summed E-state index contributed by atoms with van der Waals surface area (Å²) in [5.74, 6) is -1.60. The van der Waals surface area contributed by atoms with Crippen LogP contribution in [-0.4, -0.2) is 76.6 Å². The molecular weight excluding hydrogens is 574 g/mol. The first-order valence-electron chi connectivity index (χ1n) is 13.6. The molecule has 14 heteroatoms. The van der Waals surface area contributed by atoms with Gasteiger partial charge in [-0.05, 0) is 31.5 Å². The number of nitrogens with two attached hydrogens (primary N) is 1. The number of rotatable bonds is 6. The van der Waals surface area contributed by atoms with Gasteiger partial charge in [0.25, 0.3) is 0 Å². The molecule has 1 aromatic carbocycles. The Balaban J connectivity index is 1.34. The van der Waals surface area contributed by atoms with Crippen LogP contribution in [-0.2, 0) is 0 Å². The van der Waals surface area contributed by atoms with Crippen LogP contribution in [0.15, 0.2) is 18.3 Å². The van der Waals surface area contributed by atoms with E-state index in [9.17, 15) is 18.4 Å². The average molecular weight is 600 g/mol. The predicted molar refractivity (Wildman–Crippen MR) is 148 cm³/mol. The molecule has 3 fully saturated rings. The van der Waals surface area contributed by atoms with E-state index in [-0.39, 0.29) is 74.4 Å². The van der Waals surface area contributed by atoms with E-state index < -0.39 is 35.6 Å². The van der Waals surface area contributed by atoms with Gasteiger partial charge in [0.05, 0.1) is 21.2 Å². The van der Waals surface area contributed by atoms with Crippen molar-refractivity contribution in [3.8, 4) is 29.2 Å². The lowest BCUT2D eigenvalue weighted by atomic mass is 9.95. The SMILES string of the molecule is N#Cc1c(N)sc2c(F)ccc(-c3ncc4c(O[C@H]5CNC[C@H]5F)nc(OC[C@@]56CCCN5C[C@H](F)C6)nc4c3F)c12. The maximum atomic E-state index is 16.4. The van der Waals surface area contributed by atoms with Crippen LogP contribution in [0.1, 0.15) is 24.8 Å². The van der Waals surface area contributed by atoms with Gasteiger partial charge in [-0.1, -0.05) is 0 Å². The highest BCUT2D eigenvalue weighted by Crippen LogP contribution is 2.43. The minimum absolute atomic E-state index is 0.0207. The summed E-state index contributed by atoms with van der Waals surface area (Å²) in [7, 11) is 0. The van der Waals surface area contributed by atoms with Gasteiger partial charge in [-0.15, -0.1) is 11.3 Å². The van der Waals surface area contributed by atoms with E-state index in [1.807, 2.05) is 6.07 Å². The number of nitrogens with zero attached hydrogens (tertiary/aromatic N) is 5. The first kappa shape index (κ1) is 27.1. The van der Waals surface area contributed by atoms with Crippen LogP contribution in [0.25, 0.3) is 32.2 Å². The second-order valence-electron chi connectivity index (χ2n) is 10.9. The van der Waals surface area contributed by atoms with Crippen molar-refractivity contribution in [1.82, 2.24) is 25.2 Å². The monoisotopic (exact) mass is 599 g/mol.